The summed E-state index contributed by atoms with van der Waals surface area (Å²) in [4.78, 5) is 11.9. The molecule has 0 aliphatic heterocycles. The molecule has 2 aromatic rings. The number of hydrogen-bond donors (Lipinski definition) is 1. The number of rotatable bonds is 2. The summed E-state index contributed by atoms with van der Waals surface area (Å²) in [5.41, 5.74) is 1.25. The summed E-state index contributed by atoms with van der Waals surface area (Å²) in [5.74, 6) is -0.926. The number of carbonyl (C=O) groups excluding carboxylic acids is 1. The number of aryl methyl sites for hydroxylation is 2. The Morgan fingerprint density at radius 2 is 2.17 bits per heavy atom. The molecule has 1 N–H and O–H groups in total. The average Bonchev–Trinajstić information content (AvgIpc) is 2.63. The van der Waals surface area contributed by atoms with Gasteiger partial charge in [0.1, 0.15) is 5.82 Å². The maximum Gasteiger partial charge on any atom is 0.276 e. The molecule has 0 saturated heterocycles. The van der Waals surface area contributed by atoms with Gasteiger partial charge in [-0.3, -0.25) is 9.48 Å². The molecule has 0 aliphatic carbocycles. The second kappa shape index (κ2) is 4.89. The lowest BCUT2D eigenvalue weighted by molar-refractivity contribution is 0.102. The van der Waals surface area contributed by atoms with Crippen molar-refractivity contribution in [2.45, 2.75) is 6.92 Å². The topological polar surface area (TPSA) is 46.9 Å². The van der Waals surface area contributed by atoms with Crippen LogP contribution in [0.25, 0.3) is 0 Å². The Labute approximate surface area is 112 Å². The first-order valence-corrected chi connectivity index (χ1v) is 6.03. The van der Waals surface area contributed by atoms with E-state index in [1.165, 1.54) is 12.1 Å². The molecule has 1 aromatic heterocycles. The first-order chi connectivity index (χ1) is 8.47. The minimum atomic E-state index is -0.495. The van der Waals surface area contributed by atoms with Crippen LogP contribution >= 0.6 is 15.9 Å². The summed E-state index contributed by atoms with van der Waals surface area (Å²) >= 11 is 3.15. The molecule has 0 unspecified atom stereocenters. The molecule has 1 amide bonds. The van der Waals surface area contributed by atoms with Crippen LogP contribution in [0.1, 0.15) is 16.2 Å². The van der Waals surface area contributed by atoms with Crippen molar-refractivity contribution in [1.82, 2.24) is 9.78 Å². The highest BCUT2D eigenvalue weighted by molar-refractivity contribution is 9.10. The number of halogens is 2. The molecule has 0 saturated carbocycles. The number of nitrogens with one attached hydrogen (secondary N) is 1. The minimum absolute atomic E-state index is 0.131. The van der Waals surface area contributed by atoms with Crippen molar-refractivity contribution in [1.29, 1.82) is 0 Å². The fourth-order valence-corrected chi connectivity index (χ4v) is 1.78. The van der Waals surface area contributed by atoms with Crippen molar-refractivity contribution >= 4 is 27.5 Å². The van der Waals surface area contributed by atoms with Crippen LogP contribution in [0, 0.1) is 12.7 Å². The highest BCUT2D eigenvalue weighted by Gasteiger charge is 2.13. The largest absolute Gasteiger partial charge is 0.318 e. The Kier molecular flexibility index (Phi) is 3.47. The van der Waals surface area contributed by atoms with Crippen LogP contribution in [0.2, 0.25) is 0 Å². The lowest BCUT2D eigenvalue weighted by Gasteiger charge is -2.04. The average molecular weight is 312 g/mol. The molecular weight excluding hydrogens is 301 g/mol. The zero-order valence-electron chi connectivity index (χ0n) is 9.87. The standard InChI is InChI=1S/C12H11BrFN3O/c1-7-5-11(16-17(7)2)12(18)15-10-4-3-8(13)6-9(10)14/h3-6H,1-2H3,(H,15,18). The first-order valence-electron chi connectivity index (χ1n) is 5.24. The van der Waals surface area contributed by atoms with Gasteiger partial charge >= 0.3 is 0 Å². The van der Waals surface area contributed by atoms with Gasteiger partial charge in [-0.2, -0.15) is 5.10 Å². The molecule has 2 rings (SSSR count). The summed E-state index contributed by atoms with van der Waals surface area (Å²) in [6.07, 6.45) is 0. The highest BCUT2D eigenvalue weighted by Crippen LogP contribution is 2.19. The second-order valence-electron chi connectivity index (χ2n) is 3.87. The van der Waals surface area contributed by atoms with Gasteiger partial charge in [-0.05, 0) is 31.2 Å². The molecular formula is C12H11BrFN3O. The molecule has 1 heterocycles. The number of carbonyl (C=O) groups is 1. The molecule has 1 aromatic carbocycles. The summed E-state index contributed by atoms with van der Waals surface area (Å²) in [6.45, 7) is 1.84. The van der Waals surface area contributed by atoms with Gasteiger partial charge in [0, 0.05) is 17.2 Å². The fraction of sp³-hybridized carbons (Fsp3) is 0.167. The Morgan fingerprint density at radius 3 is 2.72 bits per heavy atom. The SMILES string of the molecule is Cc1cc(C(=O)Nc2ccc(Br)cc2F)nn1C. The maximum absolute atomic E-state index is 13.5. The van der Waals surface area contributed by atoms with Gasteiger partial charge in [-0.25, -0.2) is 4.39 Å². The van der Waals surface area contributed by atoms with E-state index in [1.54, 1.807) is 23.9 Å². The van der Waals surface area contributed by atoms with Crippen LogP contribution in [0.3, 0.4) is 0 Å². The maximum atomic E-state index is 13.5. The van der Waals surface area contributed by atoms with Crippen molar-refractivity contribution in [2.24, 2.45) is 7.05 Å². The smallest absolute Gasteiger partial charge is 0.276 e. The molecule has 0 bridgehead atoms. The van der Waals surface area contributed by atoms with Crippen molar-refractivity contribution in [2.75, 3.05) is 5.32 Å². The van der Waals surface area contributed by atoms with Gasteiger partial charge in [0.2, 0.25) is 0 Å². The van der Waals surface area contributed by atoms with Crippen LogP contribution in [0.15, 0.2) is 28.7 Å². The molecule has 94 valence electrons. The number of amides is 1. The van der Waals surface area contributed by atoms with Gasteiger partial charge in [-0.15, -0.1) is 0 Å². The molecule has 4 nitrogen and oxygen atoms in total. The van der Waals surface area contributed by atoms with Crippen LogP contribution in [-0.4, -0.2) is 15.7 Å². The van der Waals surface area contributed by atoms with Gasteiger partial charge < -0.3 is 5.32 Å². The molecule has 0 aliphatic rings. The van der Waals surface area contributed by atoms with Gasteiger partial charge in [0.15, 0.2) is 5.69 Å². The Hall–Kier alpha value is -1.69. The van der Waals surface area contributed by atoms with Crippen LogP contribution in [0.4, 0.5) is 10.1 Å². The van der Waals surface area contributed by atoms with E-state index in [2.05, 4.69) is 26.3 Å². The zero-order valence-corrected chi connectivity index (χ0v) is 11.5. The number of nitrogens with zero attached hydrogens (tertiary/aromatic N) is 2. The predicted octanol–water partition coefficient (Wildman–Crippen LogP) is 2.88. The molecule has 0 fully saturated rings. The minimum Gasteiger partial charge on any atom is -0.318 e. The number of hydrogen-bond acceptors (Lipinski definition) is 2. The van der Waals surface area contributed by atoms with Gasteiger partial charge in [0.05, 0.1) is 5.69 Å². The molecule has 0 atom stereocenters. The van der Waals surface area contributed by atoms with E-state index in [1.807, 2.05) is 6.92 Å². The monoisotopic (exact) mass is 311 g/mol. The number of aromatic nitrogens is 2. The third-order valence-electron chi connectivity index (χ3n) is 2.53. The van der Waals surface area contributed by atoms with Gasteiger partial charge in [0.25, 0.3) is 5.91 Å². The summed E-state index contributed by atoms with van der Waals surface area (Å²) < 4.78 is 15.7. The van der Waals surface area contributed by atoms with Crippen molar-refractivity contribution in [3.05, 3.63) is 45.9 Å². The summed E-state index contributed by atoms with van der Waals surface area (Å²) in [6, 6.07) is 6.08. The molecule has 0 spiro atoms. The summed E-state index contributed by atoms with van der Waals surface area (Å²) in [5, 5.41) is 6.51. The van der Waals surface area contributed by atoms with E-state index >= 15 is 0 Å². The number of benzene rings is 1. The van der Waals surface area contributed by atoms with Crippen LogP contribution in [0.5, 0.6) is 0 Å². The Bertz CT molecular complexity index is 590. The third-order valence-corrected chi connectivity index (χ3v) is 3.02. The lowest BCUT2D eigenvalue weighted by atomic mass is 10.3. The quantitative estimate of drug-likeness (QED) is 0.927. The molecule has 6 heteroatoms. The highest BCUT2D eigenvalue weighted by atomic mass is 79.9. The van der Waals surface area contributed by atoms with Crippen molar-refractivity contribution in [3.63, 3.8) is 0 Å². The molecule has 18 heavy (non-hydrogen) atoms. The van der Waals surface area contributed by atoms with Crippen molar-refractivity contribution < 1.29 is 9.18 Å². The fourth-order valence-electron chi connectivity index (χ4n) is 1.45. The van der Waals surface area contributed by atoms with E-state index in [-0.39, 0.29) is 11.4 Å². The van der Waals surface area contributed by atoms with E-state index in [0.717, 1.165) is 5.69 Å². The lowest BCUT2D eigenvalue weighted by Crippen LogP contribution is -2.14. The third kappa shape index (κ3) is 2.59. The number of anilines is 1. The Morgan fingerprint density at radius 1 is 1.44 bits per heavy atom. The van der Waals surface area contributed by atoms with Crippen LogP contribution < -0.4 is 5.32 Å². The first kappa shape index (κ1) is 12.8. The van der Waals surface area contributed by atoms with E-state index < -0.39 is 11.7 Å². The van der Waals surface area contributed by atoms with Crippen molar-refractivity contribution in [3.8, 4) is 0 Å². The predicted molar refractivity (Wildman–Crippen MR) is 70.0 cm³/mol. The second-order valence-corrected chi connectivity index (χ2v) is 4.79. The van der Waals surface area contributed by atoms with E-state index in [4.69, 9.17) is 0 Å². The van der Waals surface area contributed by atoms with Crippen LogP contribution in [-0.2, 0) is 7.05 Å². The zero-order chi connectivity index (χ0) is 13.3. The van der Waals surface area contributed by atoms with Gasteiger partial charge in [-0.1, -0.05) is 15.9 Å². The van der Waals surface area contributed by atoms with E-state index in [9.17, 15) is 9.18 Å². The molecule has 0 radical (unpaired) electrons. The normalized spacial score (nSPS) is 10.4. The Balaban J connectivity index is 2.21. The van der Waals surface area contributed by atoms with E-state index in [0.29, 0.717) is 4.47 Å². The summed E-state index contributed by atoms with van der Waals surface area (Å²) in [7, 11) is 1.74.